The zero-order valence-corrected chi connectivity index (χ0v) is 31.1. The van der Waals surface area contributed by atoms with E-state index in [1.807, 2.05) is 0 Å². The van der Waals surface area contributed by atoms with Gasteiger partial charge in [0.15, 0.2) is 0 Å². The Morgan fingerprint density at radius 1 is 0.500 bits per heavy atom. The predicted molar refractivity (Wildman–Crippen MR) is 196 cm³/mol. The molecule has 0 unspecified atom stereocenters. The zero-order chi connectivity index (χ0) is 34.1. The summed E-state index contributed by atoms with van der Waals surface area (Å²) in [6, 6.07) is 32.3. The van der Waals surface area contributed by atoms with Gasteiger partial charge in [-0.1, -0.05) is 137 Å². The standard InChI is InChI=1S/C18H15P.C7H15ClO3.C7H16O4.CCl4/c1-4-10-16(11-5-1)19(17-12-6-2-7-13-17)18-14-8-3-9-15-18;2*1-9-4-5-11-7-6-10-3-2-8;2-1(3,4)5/h1-15H;2-7H2,1H3;8H,2-7H2,1H3;. The quantitative estimate of drug-likeness (QED) is 0.0843. The van der Waals surface area contributed by atoms with Crippen molar-refractivity contribution in [3.63, 3.8) is 0 Å². The molecular formula is C33H46Cl5O7P. The van der Waals surface area contributed by atoms with Gasteiger partial charge in [-0.05, 0) is 23.8 Å². The van der Waals surface area contributed by atoms with Crippen molar-refractivity contribution in [2.24, 2.45) is 0 Å². The molecule has 0 aliphatic heterocycles. The molecule has 0 aliphatic carbocycles. The van der Waals surface area contributed by atoms with Crippen molar-refractivity contribution in [2.45, 2.75) is 3.25 Å². The van der Waals surface area contributed by atoms with Gasteiger partial charge >= 0.3 is 0 Å². The maximum absolute atomic E-state index is 8.32. The molecule has 46 heavy (non-hydrogen) atoms. The molecule has 3 rings (SSSR count). The van der Waals surface area contributed by atoms with Crippen LogP contribution in [0.25, 0.3) is 0 Å². The van der Waals surface area contributed by atoms with E-state index >= 15 is 0 Å². The Balaban J connectivity index is 0.000000651. The topological polar surface area (TPSA) is 75.6 Å². The van der Waals surface area contributed by atoms with Crippen LogP contribution < -0.4 is 15.9 Å². The Kier molecular flexibility index (Phi) is 32.3. The summed E-state index contributed by atoms with van der Waals surface area (Å²) >= 11 is 24.7. The number of hydrogen-bond acceptors (Lipinski definition) is 7. The van der Waals surface area contributed by atoms with Gasteiger partial charge in [-0.25, -0.2) is 0 Å². The molecule has 0 saturated carbocycles. The molecule has 3 aromatic rings. The number of hydrogen-bond donors (Lipinski definition) is 1. The van der Waals surface area contributed by atoms with Crippen LogP contribution in [0.4, 0.5) is 0 Å². The lowest BCUT2D eigenvalue weighted by molar-refractivity contribution is 0.0159. The summed E-state index contributed by atoms with van der Waals surface area (Å²) in [5.41, 5.74) is 0. The largest absolute Gasteiger partial charge is 0.394 e. The Labute approximate surface area is 301 Å². The number of aliphatic hydroxyl groups excluding tert-OH is 1. The second-order valence-corrected chi connectivity index (χ2v) is 14.6. The molecule has 7 nitrogen and oxygen atoms in total. The van der Waals surface area contributed by atoms with Crippen molar-refractivity contribution < 1.29 is 33.5 Å². The van der Waals surface area contributed by atoms with E-state index in [0.717, 1.165) is 0 Å². The third kappa shape index (κ3) is 29.4. The Hall–Kier alpha value is -0.740. The lowest BCUT2D eigenvalue weighted by Crippen LogP contribution is -2.20. The summed E-state index contributed by atoms with van der Waals surface area (Å²) < 4.78 is 28.2. The molecule has 0 radical (unpaired) electrons. The van der Waals surface area contributed by atoms with Crippen molar-refractivity contribution >= 4 is 81.8 Å². The molecule has 1 N–H and O–H groups in total. The van der Waals surface area contributed by atoms with Gasteiger partial charge in [-0.2, -0.15) is 0 Å². The Morgan fingerprint density at radius 2 is 0.783 bits per heavy atom. The van der Waals surface area contributed by atoms with Crippen LogP contribution >= 0.6 is 65.9 Å². The van der Waals surface area contributed by atoms with Crippen LogP contribution in [0.5, 0.6) is 0 Å². The second-order valence-electron chi connectivity index (χ2n) is 8.62. The molecule has 0 aliphatic rings. The minimum atomic E-state index is -1.61. The van der Waals surface area contributed by atoms with Gasteiger partial charge in [0.25, 0.3) is 3.25 Å². The summed E-state index contributed by atoms with van der Waals surface area (Å²) in [5, 5.41) is 12.5. The third-order valence-corrected chi connectivity index (χ3v) is 7.71. The lowest BCUT2D eigenvalue weighted by atomic mass is 10.4. The molecular weight excluding hydrogens is 717 g/mol. The molecule has 0 saturated heterocycles. The van der Waals surface area contributed by atoms with Gasteiger partial charge in [0, 0.05) is 20.1 Å². The van der Waals surface area contributed by atoms with Gasteiger partial charge in [0.05, 0.1) is 72.7 Å². The molecule has 0 fully saturated rings. The van der Waals surface area contributed by atoms with Crippen molar-refractivity contribution in [1.82, 2.24) is 0 Å². The fourth-order valence-corrected chi connectivity index (χ4v) is 5.64. The van der Waals surface area contributed by atoms with Gasteiger partial charge in [-0.3, -0.25) is 0 Å². The van der Waals surface area contributed by atoms with Crippen LogP contribution in [-0.4, -0.2) is 101 Å². The van der Waals surface area contributed by atoms with Crippen LogP contribution in [0.1, 0.15) is 0 Å². The van der Waals surface area contributed by atoms with Gasteiger partial charge < -0.3 is 33.5 Å². The highest BCUT2D eigenvalue weighted by Gasteiger charge is 2.15. The molecule has 260 valence electrons. The highest BCUT2D eigenvalue weighted by molar-refractivity contribution is 7.79. The van der Waals surface area contributed by atoms with Gasteiger partial charge in [0.1, 0.15) is 0 Å². The first-order chi connectivity index (χ1) is 22.3. The lowest BCUT2D eigenvalue weighted by Gasteiger charge is -2.18. The minimum Gasteiger partial charge on any atom is -0.394 e. The number of methoxy groups -OCH3 is 2. The highest BCUT2D eigenvalue weighted by Crippen LogP contribution is 2.32. The van der Waals surface area contributed by atoms with E-state index in [1.165, 1.54) is 15.9 Å². The Bertz CT molecular complexity index is 889. The summed E-state index contributed by atoms with van der Waals surface area (Å²) in [7, 11) is 2.83. The fourth-order valence-electron chi connectivity index (χ4n) is 3.23. The van der Waals surface area contributed by atoms with E-state index in [9.17, 15) is 0 Å². The fraction of sp³-hybridized carbons (Fsp3) is 0.455. The van der Waals surface area contributed by atoms with E-state index < -0.39 is 11.2 Å². The first-order valence-electron chi connectivity index (χ1n) is 14.4. The van der Waals surface area contributed by atoms with E-state index in [-0.39, 0.29) is 6.61 Å². The first kappa shape index (κ1) is 45.3. The summed E-state index contributed by atoms with van der Waals surface area (Å²) in [5.74, 6) is 0.540. The number of alkyl halides is 5. The maximum atomic E-state index is 8.32. The molecule has 0 aromatic heterocycles. The monoisotopic (exact) mass is 760 g/mol. The van der Waals surface area contributed by atoms with Crippen molar-refractivity contribution in [3.8, 4) is 0 Å². The average molecular weight is 763 g/mol. The van der Waals surface area contributed by atoms with E-state index in [2.05, 4.69) is 91.0 Å². The SMILES string of the molecule is COCCOCCOCCCl.COCCOCCOCCO.ClC(Cl)(Cl)Cl.c1ccc(P(c2ccccc2)c2ccccc2)cc1. The van der Waals surface area contributed by atoms with Crippen LogP contribution in [-0.2, 0) is 28.4 Å². The average Bonchev–Trinajstić information content (AvgIpc) is 3.06. The Morgan fingerprint density at radius 3 is 1.07 bits per heavy atom. The van der Waals surface area contributed by atoms with Crippen molar-refractivity contribution in [3.05, 3.63) is 91.0 Å². The molecule has 0 bridgehead atoms. The zero-order valence-electron chi connectivity index (χ0n) is 26.4. The molecule has 3 aromatic carbocycles. The smallest absolute Gasteiger partial charge is 0.266 e. The normalized spacial score (nSPS) is 10.6. The first-order valence-corrected chi connectivity index (χ1v) is 17.8. The van der Waals surface area contributed by atoms with Crippen LogP contribution in [0.15, 0.2) is 91.0 Å². The predicted octanol–water partition coefficient (Wildman–Crippen LogP) is 6.56. The molecule has 0 spiro atoms. The van der Waals surface area contributed by atoms with E-state index in [1.54, 1.807) is 14.2 Å². The van der Waals surface area contributed by atoms with Crippen LogP contribution in [0, 0.1) is 0 Å². The van der Waals surface area contributed by atoms with E-state index in [0.29, 0.717) is 71.9 Å². The van der Waals surface area contributed by atoms with Crippen LogP contribution in [0.2, 0.25) is 0 Å². The van der Waals surface area contributed by atoms with E-state index in [4.69, 9.17) is 91.5 Å². The summed E-state index contributed by atoms with van der Waals surface area (Å²) in [4.78, 5) is 0. The number of halogens is 5. The number of rotatable bonds is 19. The van der Waals surface area contributed by atoms with Gasteiger partial charge in [0.2, 0.25) is 0 Å². The second kappa shape index (κ2) is 32.8. The summed E-state index contributed by atoms with van der Waals surface area (Å²) in [6.07, 6.45) is 0. The highest BCUT2D eigenvalue weighted by atomic mass is 35.6. The summed E-state index contributed by atoms with van der Waals surface area (Å²) in [6.45, 7) is 5.82. The number of aliphatic hydroxyl groups is 1. The van der Waals surface area contributed by atoms with Crippen LogP contribution in [0.3, 0.4) is 0 Å². The van der Waals surface area contributed by atoms with Gasteiger partial charge in [-0.15, -0.1) is 11.6 Å². The minimum absolute atomic E-state index is 0.0675. The van der Waals surface area contributed by atoms with Crippen molar-refractivity contribution in [2.75, 3.05) is 92.8 Å². The van der Waals surface area contributed by atoms with Crippen molar-refractivity contribution in [1.29, 1.82) is 0 Å². The number of benzene rings is 3. The molecule has 0 heterocycles. The molecule has 13 heteroatoms. The maximum Gasteiger partial charge on any atom is 0.266 e. The third-order valence-electron chi connectivity index (χ3n) is 5.11. The number of ether oxygens (including phenoxy) is 6. The molecule has 0 amide bonds. The molecule has 0 atom stereocenters.